The number of rotatable bonds is 6. The quantitative estimate of drug-likeness (QED) is 0.293. The van der Waals surface area contributed by atoms with Gasteiger partial charge in [0.25, 0.3) is 11.8 Å². The molecular formula is C19H19Br2N3O4S. The fourth-order valence-electron chi connectivity index (χ4n) is 2.16. The van der Waals surface area contributed by atoms with E-state index in [9.17, 15) is 9.59 Å². The van der Waals surface area contributed by atoms with Gasteiger partial charge in [-0.1, -0.05) is 37.9 Å². The number of methoxy groups -OCH3 is 1. The zero-order valence-corrected chi connectivity index (χ0v) is 19.7. The number of amides is 2. The van der Waals surface area contributed by atoms with E-state index in [1.165, 1.54) is 0 Å². The van der Waals surface area contributed by atoms with E-state index in [1.54, 1.807) is 37.4 Å². The van der Waals surface area contributed by atoms with E-state index in [4.69, 9.17) is 21.7 Å². The van der Waals surface area contributed by atoms with Gasteiger partial charge < -0.3 is 9.47 Å². The summed E-state index contributed by atoms with van der Waals surface area (Å²) in [4.78, 5) is 24.8. The fourth-order valence-corrected chi connectivity index (χ4v) is 3.05. The second-order valence-corrected chi connectivity index (χ2v) is 7.99. The first-order valence-electron chi connectivity index (χ1n) is 8.41. The van der Waals surface area contributed by atoms with Gasteiger partial charge in [-0.2, -0.15) is 0 Å². The monoisotopic (exact) mass is 543 g/mol. The van der Waals surface area contributed by atoms with Crippen LogP contribution in [0.2, 0.25) is 0 Å². The van der Waals surface area contributed by atoms with Crippen LogP contribution in [-0.4, -0.2) is 37.3 Å². The van der Waals surface area contributed by atoms with E-state index in [2.05, 4.69) is 48.0 Å². The van der Waals surface area contributed by atoms with Gasteiger partial charge in [-0.3, -0.25) is 25.8 Å². The summed E-state index contributed by atoms with van der Waals surface area (Å²) in [7, 11) is 1.56. The molecule has 0 aromatic heterocycles. The minimum atomic E-state index is -0.483. The number of hydrazine groups is 1. The third-order valence-electron chi connectivity index (χ3n) is 3.68. The van der Waals surface area contributed by atoms with Crippen molar-refractivity contribution in [2.75, 3.05) is 20.3 Å². The van der Waals surface area contributed by atoms with Crippen LogP contribution in [0, 0.1) is 6.92 Å². The van der Waals surface area contributed by atoms with Crippen molar-refractivity contribution in [1.82, 2.24) is 16.2 Å². The lowest BCUT2D eigenvalue weighted by Gasteiger charge is -2.14. The Hall–Kier alpha value is -2.01. The van der Waals surface area contributed by atoms with Crippen molar-refractivity contribution in [3.63, 3.8) is 0 Å². The number of ether oxygens (including phenoxy) is 2. The molecule has 0 fully saturated rings. The number of halogens is 2. The van der Waals surface area contributed by atoms with Crippen LogP contribution in [0.4, 0.5) is 0 Å². The average Bonchev–Trinajstić information content (AvgIpc) is 2.69. The number of carbonyl (C=O) groups excluding carboxylic acids is 2. The van der Waals surface area contributed by atoms with Gasteiger partial charge in [-0.05, 0) is 55.0 Å². The van der Waals surface area contributed by atoms with Gasteiger partial charge in [0, 0.05) is 21.6 Å². The molecule has 0 aliphatic carbocycles. The summed E-state index contributed by atoms with van der Waals surface area (Å²) in [5.74, 6) is -0.490. The summed E-state index contributed by atoms with van der Waals surface area (Å²) >= 11 is 11.8. The van der Waals surface area contributed by atoms with Gasteiger partial charge in [-0.25, -0.2) is 0 Å². The topological polar surface area (TPSA) is 88.7 Å². The van der Waals surface area contributed by atoms with Crippen molar-refractivity contribution in [1.29, 1.82) is 0 Å². The summed E-state index contributed by atoms with van der Waals surface area (Å²) in [6, 6.07) is 10.2. The van der Waals surface area contributed by atoms with Gasteiger partial charge in [-0.15, -0.1) is 0 Å². The van der Waals surface area contributed by atoms with Gasteiger partial charge in [0.15, 0.2) is 5.11 Å². The largest absolute Gasteiger partial charge is 0.490 e. The Bertz CT molecular complexity index is 924. The van der Waals surface area contributed by atoms with E-state index in [0.29, 0.717) is 29.0 Å². The molecule has 2 amide bonds. The Morgan fingerprint density at radius 2 is 1.79 bits per heavy atom. The summed E-state index contributed by atoms with van der Waals surface area (Å²) < 4.78 is 12.0. The zero-order valence-electron chi connectivity index (χ0n) is 15.7. The Morgan fingerprint density at radius 3 is 2.48 bits per heavy atom. The van der Waals surface area contributed by atoms with Gasteiger partial charge in [0.1, 0.15) is 12.4 Å². The van der Waals surface area contributed by atoms with Crippen LogP contribution in [0.15, 0.2) is 45.3 Å². The van der Waals surface area contributed by atoms with Gasteiger partial charge in [0.05, 0.1) is 12.2 Å². The number of nitrogens with one attached hydrogen (secondary N) is 3. The second-order valence-electron chi connectivity index (χ2n) is 5.81. The maximum absolute atomic E-state index is 12.6. The molecule has 0 aliphatic heterocycles. The first-order chi connectivity index (χ1) is 13.8. The minimum absolute atomic E-state index is 0.0580. The van der Waals surface area contributed by atoms with Crippen LogP contribution >= 0.6 is 44.1 Å². The van der Waals surface area contributed by atoms with E-state index in [1.807, 2.05) is 13.0 Å². The van der Waals surface area contributed by atoms with Crippen LogP contribution in [0.25, 0.3) is 0 Å². The molecule has 0 saturated heterocycles. The fraction of sp³-hybridized carbons (Fsp3) is 0.211. The van der Waals surface area contributed by atoms with Crippen LogP contribution in [0.1, 0.15) is 26.3 Å². The average molecular weight is 545 g/mol. The Kier molecular flexibility index (Phi) is 9.02. The summed E-state index contributed by atoms with van der Waals surface area (Å²) in [6.07, 6.45) is 0. The molecule has 10 heteroatoms. The number of hydrogen-bond donors (Lipinski definition) is 3. The Morgan fingerprint density at radius 1 is 1.03 bits per heavy atom. The van der Waals surface area contributed by atoms with Gasteiger partial charge >= 0.3 is 0 Å². The first kappa shape index (κ1) is 23.3. The molecule has 7 nitrogen and oxygen atoms in total. The lowest BCUT2D eigenvalue weighted by atomic mass is 10.1. The molecule has 2 rings (SSSR count). The van der Waals surface area contributed by atoms with Gasteiger partial charge in [0.2, 0.25) is 0 Å². The van der Waals surface area contributed by atoms with Crippen molar-refractivity contribution in [2.45, 2.75) is 6.92 Å². The molecule has 2 aromatic carbocycles. The molecule has 154 valence electrons. The molecule has 0 bridgehead atoms. The Balaban J connectivity index is 1.96. The van der Waals surface area contributed by atoms with Crippen molar-refractivity contribution in [3.8, 4) is 5.75 Å². The standard InChI is InChI=1S/C19H19Br2N3O4S/c1-11-3-4-12(9-15(11)21)17(25)23-24-19(29)22-18(26)14-10-13(20)5-6-16(14)28-8-7-27-2/h3-6,9-10H,7-8H2,1-2H3,(H,23,25)(H2,22,24,26,29). The van der Waals surface area contributed by atoms with Crippen molar-refractivity contribution >= 4 is 61.0 Å². The SMILES string of the molecule is COCCOc1ccc(Br)cc1C(=O)NC(=S)NNC(=O)c1ccc(C)c(Br)c1. The van der Waals surface area contributed by atoms with Crippen LogP contribution in [-0.2, 0) is 4.74 Å². The highest BCUT2D eigenvalue weighted by Gasteiger charge is 2.15. The predicted molar refractivity (Wildman–Crippen MR) is 121 cm³/mol. The third kappa shape index (κ3) is 7.07. The second kappa shape index (κ2) is 11.2. The molecular weight excluding hydrogens is 526 g/mol. The maximum atomic E-state index is 12.6. The van der Waals surface area contributed by atoms with Crippen LogP contribution in [0.5, 0.6) is 5.75 Å². The molecule has 0 spiro atoms. The molecule has 0 aliphatic rings. The van der Waals surface area contributed by atoms with Crippen molar-refractivity contribution in [3.05, 3.63) is 62.0 Å². The number of hydrogen-bond acceptors (Lipinski definition) is 5. The highest BCUT2D eigenvalue weighted by molar-refractivity contribution is 9.10. The van der Waals surface area contributed by atoms with Crippen LogP contribution in [0.3, 0.4) is 0 Å². The molecule has 0 radical (unpaired) electrons. The normalized spacial score (nSPS) is 10.2. The smallest absolute Gasteiger partial charge is 0.269 e. The molecule has 0 unspecified atom stereocenters. The predicted octanol–water partition coefficient (Wildman–Crippen LogP) is 3.49. The number of carbonyl (C=O) groups is 2. The highest BCUT2D eigenvalue weighted by Crippen LogP contribution is 2.23. The number of aryl methyl sites for hydroxylation is 1. The lowest BCUT2D eigenvalue weighted by molar-refractivity contribution is 0.0933. The zero-order chi connectivity index (χ0) is 21.4. The molecule has 0 heterocycles. The molecule has 29 heavy (non-hydrogen) atoms. The van der Waals surface area contributed by atoms with E-state index in [-0.39, 0.29) is 10.7 Å². The van der Waals surface area contributed by atoms with E-state index in [0.717, 1.165) is 10.0 Å². The lowest BCUT2D eigenvalue weighted by Crippen LogP contribution is -2.48. The third-order valence-corrected chi connectivity index (χ3v) is 5.23. The molecule has 3 N–H and O–H groups in total. The van der Waals surface area contributed by atoms with Crippen LogP contribution < -0.4 is 20.9 Å². The van der Waals surface area contributed by atoms with E-state index >= 15 is 0 Å². The van der Waals surface area contributed by atoms with Crippen molar-refractivity contribution in [2.24, 2.45) is 0 Å². The first-order valence-corrected chi connectivity index (χ1v) is 10.4. The molecule has 2 aromatic rings. The highest BCUT2D eigenvalue weighted by atomic mass is 79.9. The minimum Gasteiger partial charge on any atom is -0.490 e. The summed E-state index contributed by atoms with van der Waals surface area (Å²) in [6.45, 7) is 2.60. The van der Waals surface area contributed by atoms with Crippen molar-refractivity contribution < 1.29 is 19.1 Å². The number of benzene rings is 2. The Labute approximate surface area is 190 Å². The number of thiocarbonyl (C=S) groups is 1. The molecule has 0 atom stereocenters. The van der Waals surface area contributed by atoms with E-state index < -0.39 is 11.8 Å². The summed E-state index contributed by atoms with van der Waals surface area (Å²) in [5, 5.41) is 2.45. The maximum Gasteiger partial charge on any atom is 0.269 e. The summed E-state index contributed by atoms with van der Waals surface area (Å²) in [5.41, 5.74) is 6.69. The molecule has 0 saturated carbocycles.